The average molecular weight is 481 g/mol. The van der Waals surface area contributed by atoms with Crippen LogP contribution in [0.25, 0.3) is 56.0 Å². The molecular formula is C25H20N8OS. The first kappa shape index (κ1) is 21.1. The quantitative estimate of drug-likeness (QED) is 0.308. The van der Waals surface area contributed by atoms with Crippen LogP contribution in [-0.4, -0.2) is 41.0 Å². The summed E-state index contributed by atoms with van der Waals surface area (Å²) in [5.41, 5.74) is 7.16. The van der Waals surface area contributed by atoms with Crippen molar-refractivity contribution >= 4 is 44.9 Å². The highest BCUT2D eigenvalue weighted by Crippen LogP contribution is 2.32. The summed E-state index contributed by atoms with van der Waals surface area (Å²) in [5.74, 6) is 0.454. The van der Waals surface area contributed by atoms with Crippen LogP contribution < -0.4 is 5.32 Å². The van der Waals surface area contributed by atoms with Crippen molar-refractivity contribution < 1.29 is 4.79 Å². The average Bonchev–Trinajstić information content (AvgIpc) is 3.62. The number of nitrogens with one attached hydrogen (secondary N) is 3. The van der Waals surface area contributed by atoms with Crippen LogP contribution in [0.5, 0.6) is 0 Å². The van der Waals surface area contributed by atoms with Crippen molar-refractivity contribution in [2.24, 2.45) is 5.92 Å². The lowest BCUT2D eigenvalue weighted by Crippen LogP contribution is -2.17. The van der Waals surface area contributed by atoms with Gasteiger partial charge >= 0.3 is 0 Å². The third-order valence-electron chi connectivity index (χ3n) is 5.69. The molecule has 0 bridgehead atoms. The molecule has 0 aliphatic carbocycles. The van der Waals surface area contributed by atoms with Crippen molar-refractivity contribution in [3.8, 4) is 34.0 Å². The fraction of sp³-hybridized carbons (Fsp3) is 0.120. The van der Waals surface area contributed by atoms with E-state index in [1.54, 1.807) is 36.1 Å². The minimum atomic E-state index is -0.124. The molecule has 6 heterocycles. The fourth-order valence-corrected chi connectivity index (χ4v) is 4.49. The number of rotatable bonds is 5. The molecular weight excluding hydrogens is 460 g/mol. The number of carbonyl (C=O) groups is 1. The lowest BCUT2D eigenvalue weighted by atomic mass is 10.1. The largest absolute Gasteiger partial charge is 0.336 e. The molecule has 172 valence electrons. The molecule has 0 atom stereocenters. The molecule has 1 amide bonds. The first-order chi connectivity index (χ1) is 17.1. The van der Waals surface area contributed by atoms with Gasteiger partial charge in [0, 0.05) is 40.2 Å². The van der Waals surface area contributed by atoms with Crippen LogP contribution in [0.4, 0.5) is 5.69 Å². The van der Waals surface area contributed by atoms with E-state index in [9.17, 15) is 4.79 Å². The van der Waals surface area contributed by atoms with Crippen LogP contribution in [0.2, 0.25) is 0 Å². The van der Waals surface area contributed by atoms with Crippen molar-refractivity contribution in [2.45, 2.75) is 13.8 Å². The Balaban J connectivity index is 1.41. The molecule has 9 nitrogen and oxygen atoms in total. The lowest BCUT2D eigenvalue weighted by Gasteiger charge is -2.08. The third-order valence-corrected chi connectivity index (χ3v) is 6.38. The number of nitrogens with zero attached hydrogens (tertiary/aromatic N) is 5. The lowest BCUT2D eigenvalue weighted by molar-refractivity contribution is -0.118. The fourth-order valence-electron chi connectivity index (χ4n) is 3.85. The minimum Gasteiger partial charge on any atom is -0.336 e. The molecule has 0 unspecified atom stereocenters. The maximum absolute atomic E-state index is 12.1. The molecule has 0 spiro atoms. The van der Waals surface area contributed by atoms with E-state index in [0.29, 0.717) is 22.9 Å². The zero-order valence-corrected chi connectivity index (χ0v) is 19.7. The Morgan fingerprint density at radius 3 is 2.77 bits per heavy atom. The van der Waals surface area contributed by atoms with Crippen LogP contribution in [0.1, 0.15) is 13.8 Å². The molecule has 0 radical (unpaired) electrons. The van der Waals surface area contributed by atoms with Crippen molar-refractivity contribution in [3.63, 3.8) is 0 Å². The van der Waals surface area contributed by atoms with Gasteiger partial charge in [-0.15, -0.1) is 0 Å². The van der Waals surface area contributed by atoms with E-state index in [4.69, 9.17) is 4.98 Å². The molecule has 35 heavy (non-hydrogen) atoms. The smallest absolute Gasteiger partial charge is 0.226 e. The standard InChI is InChI=1S/C25H20N8OS/c1-13(2)25(34)29-16-7-15(9-26-10-16)19-8-17-20(11-28-19)32-33-22(17)24-30-18-3-5-27-21(23(18)31-24)14-4-6-35-12-14/h3-13H,1-2H3,(H,29,34)(H,30,31)(H,32,33). The number of fused-ring (bicyclic) bond motifs is 2. The SMILES string of the molecule is CC(C)C(=O)Nc1cncc(-c2cc3c(-c4nc5c(-c6ccsc6)nccc5[nH]4)n[nH]c3cn2)c1. The number of pyridine rings is 3. The highest BCUT2D eigenvalue weighted by atomic mass is 32.1. The molecule has 0 saturated heterocycles. The van der Waals surface area contributed by atoms with Crippen molar-refractivity contribution in [1.82, 2.24) is 35.1 Å². The molecule has 0 aliphatic rings. The van der Waals surface area contributed by atoms with Gasteiger partial charge in [-0.05, 0) is 29.6 Å². The molecule has 0 saturated carbocycles. The van der Waals surface area contributed by atoms with Crippen LogP contribution >= 0.6 is 11.3 Å². The van der Waals surface area contributed by atoms with E-state index < -0.39 is 0 Å². The number of imidazole rings is 1. The van der Waals surface area contributed by atoms with Gasteiger partial charge in [0.2, 0.25) is 5.91 Å². The maximum Gasteiger partial charge on any atom is 0.226 e. The van der Waals surface area contributed by atoms with Gasteiger partial charge in [0.25, 0.3) is 0 Å². The van der Waals surface area contributed by atoms with Crippen LogP contribution in [-0.2, 0) is 4.79 Å². The number of anilines is 1. The summed E-state index contributed by atoms with van der Waals surface area (Å²) in [6.07, 6.45) is 6.86. The van der Waals surface area contributed by atoms with E-state index >= 15 is 0 Å². The first-order valence-electron chi connectivity index (χ1n) is 11.0. The summed E-state index contributed by atoms with van der Waals surface area (Å²) in [5, 5.41) is 15.4. The number of hydrogen-bond acceptors (Lipinski definition) is 7. The molecule has 6 rings (SSSR count). The van der Waals surface area contributed by atoms with Gasteiger partial charge in [-0.2, -0.15) is 16.4 Å². The molecule has 6 aromatic heterocycles. The molecule has 0 aromatic carbocycles. The van der Waals surface area contributed by atoms with E-state index in [0.717, 1.165) is 38.8 Å². The number of thiophene rings is 1. The summed E-state index contributed by atoms with van der Waals surface area (Å²) in [6.45, 7) is 3.69. The second-order valence-electron chi connectivity index (χ2n) is 8.45. The van der Waals surface area contributed by atoms with Gasteiger partial charge in [-0.1, -0.05) is 13.8 Å². The number of H-pyrrole nitrogens is 2. The van der Waals surface area contributed by atoms with Crippen molar-refractivity contribution in [1.29, 1.82) is 0 Å². The van der Waals surface area contributed by atoms with Gasteiger partial charge in [-0.3, -0.25) is 24.8 Å². The van der Waals surface area contributed by atoms with Gasteiger partial charge < -0.3 is 10.3 Å². The Morgan fingerprint density at radius 1 is 1.03 bits per heavy atom. The molecule has 3 N–H and O–H groups in total. The van der Waals surface area contributed by atoms with Crippen molar-refractivity contribution in [2.75, 3.05) is 5.32 Å². The molecule has 0 aliphatic heterocycles. The second kappa shape index (κ2) is 8.41. The topological polar surface area (TPSA) is 125 Å². The van der Waals surface area contributed by atoms with E-state index in [1.165, 1.54) is 0 Å². The van der Waals surface area contributed by atoms with Gasteiger partial charge in [0.1, 0.15) is 11.2 Å². The Hall–Kier alpha value is -4.44. The number of aromatic nitrogens is 7. The first-order valence-corrected chi connectivity index (χ1v) is 12.0. The van der Waals surface area contributed by atoms with E-state index in [-0.39, 0.29) is 11.8 Å². The monoisotopic (exact) mass is 480 g/mol. The van der Waals surface area contributed by atoms with Gasteiger partial charge in [-0.25, -0.2) is 4.98 Å². The summed E-state index contributed by atoms with van der Waals surface area (Å²) < 4.78 is 0. The van der Waals surface area contributed by atoms with E-state index in [1.807, 2.05) is 43.5 Å². The van der Waals surface area contributed by atoms with E-state index in [2.05, 4.69) is 40.8 Å². The Morgan fingerprint density at radius 2 is 1.94 bits per heavy atom. The molecule has 10 heteroatoms. The Bertz CT molecular complexity index is 1680. The second-order valence-corrected chi connectivity index (χ2v) is 9.23. The highest BCUT2D eigenvalue weighted by molar-refractivity contribution is 7.08. The normalized spacial score (nSPS) is 11.5. The Kier molecular flexibility index (Phi) is 5.07. The summed E-state index contributed by atoms with van der Waals surface area (Å²) in [4.78, 5) is 33.7. The third kappa shape index (κ3) is 3.83. The maximum atomic E-state index is 12.1. The minimum absolute atomic E-state index is 0.0642. The zero-order chi connectivity index (χ0) is 23.9. The zero-order valence-electron chi connectivity index (χ0n) is 18.9. The van der Waals surface area contributed by atoms with Crippen LogP contribution in [0.3, 0.4) is 0 Å². The Labute approximate surface area is 203 Å². The predicted molar refractivity (Wildman–Crippen MR) is 137 cm³/mol. The predicted octanol–water partition coefficient (Wildman–Crippen LogP) is 5.28. The van der Waals surface area contributed by atoms with Crippen LogP contribution in [0.15, 0.2) is 59.8 Å². The van der Waals surface area contributed by atoms with Crippen LogP contribution in [0, 0.1) is 5.92 Å². The summed E-state index contributed by atoms with van der Waals surface area (Å²) in [7, 11) is 0. The summed E-state index contributed by atoms with van der Waals surface area (Å²) >= 11 is 1.62. The molecule has 0 fully saturated rings. The van der Waals surface area contributed by atoms with Gasteiger partial charge in [0.05, 0.1) is 40.5 Å². The van der Waals surface area contributed by atoms with Crippen molar-refractivity contribution in [3.05, 3.63) is 59.8 Å². The highest BCUT2D eigenvalue weighted by Gasteiger charge is 2.17. The number of hydrogen-bond donors (Lipinski definition) is 3. The molecule has 6 aromatic rings. The number of aromatic amines is 2. The number of amides is 1. The summed E-state index contributed by atoms with van der Waals surface area (Å²) in [6, 6.07) is 7.76. The van der Waals surface area contributed by atoms with Gasteiger partial charge in [0.15, 0.2) is 5.82 Å². The number of carbonyl (C=O) groups excluding carboxylic acids is 1.